The van der Waals surface area contributed by atoms with Gasteiger partial charge in [-0.3, -0.25) is 19.2 Å². The van der Waals surface area contributed by atoms with Crippen molar-refractivity contribution < 1.29 is 87.0 Å². The van der Waals surface area contributed by atoms with Gasteiger partial charge in [0.2, 0.25) is 0 Å². The number of amides is 4. The lowest BCUT2D eigenvalue weighted by Crippen LogP contribution is -2.32. The summed E-state index contributed by atoms with van der Waals surface area (Å²) in [7, 11) is 0. The molecule has 0 radical (unpaired) electrons. The van der Waals surface area contributed by atoms with Crippen molar-refractivity contribution in [2.45, 2.75) is 142 Å². The fraction of sp³-hybridized carbons (Fsp3) is 0.526. The smallest absolute Gasteiger partial charge is 0.258 e. The van der Waals surface area contributed by atoms with Crippen molar-refractivity contribution in [3.05, 3.63) is 107 Å². The third-order valence-corrected chi connectivity index (χ3v) is 16.5. The van der Waals surface area contributed by atoms with Crippen LogP contribution in [0, 0.1) is 0 Å². The molecule has 7 rings (SSSR count). The highest BCUT2D eigenvalue weighted by atomic mass is 16.5. The normalized spacial score (nSPS) is 15.4. The molecule has 4 amide bonds. The second kappa shape index (κ2) is 45.8. The van der Waals surface area contributed by atoms with Gasteiger partial charge >= 0.3 is 0 Å². The number of fused-ring (bicyclic) bond motifs is 8. The molecule has 24 nitrogen and oxygen atoms in total. The zero-order valence-electron chi connectivity index (χ0n) is 58.4. The SMILES string of the molecule is CCCCCCCCCCCCOc1cc(N=C2c3cccc(c3O)OCC(=O)NCCOCCOCCNC(=O)COc3cccc2c3O)c(N=C2c3cccc(c3O)OCC(=O)NCCOCCOCCNC(=O)COc3cccc2c3O)cc1OCCCCCCCCCCCC. The molecule has 2 aliphatic heterocycles. The number of hydrogen-bond donors (Lipinski definition) is 8. The molecule has 0 saturated heterocycles. The third kappa shape index (κ3) is 27.4. The molecular weight excluding hydrogens is 1280 g/mol. The van der Waals surface area contributed by atoms with E-state index in [4.69, 9.17) is 57.4 Å². The van der Waals surface area contributed by atoms with E-state index in [1.165, 1.54) is 113 Å². The van der Waals surface area contributed by atoms with E-state index in [9.17, 15) is 39.6 Å². The Hall–Kier alpha value is -8.84. The average molecular weight is 1390 g/mol. The van der Waals surface area contributed by atoms with Crippen LogP contribution in [0.3, 0.4) is 0 Å². The molecule has 5 aromatic rings. The molecule has 100 heavy (non-hydrogen) atoms. The second-order valence-electron chi connectivity index (χ2n) is 24.4. The van der Waals surface area contributed by atoms with E-state index < -0.39 is 73.1 Å². The molecular formula is C76H104N6O18. The van der Waals surface area contributed by atoms with Gasteiger partial charge in [-0.15, -0.1) is 0 Å². The van der Waals surface area contributed by atoms with Gasteiger partial charge in [0, 0.05) is 60.6 Å². The lowest BCUT2D eigenvalue weighted by molar-refractivity contribution is -0.124. The minimum absolute atomic E-state index is 0.00926. The van der Waals surface area contributed by atoms with Gasteiger partial charge in [-0.2, -0.15) is 0 Å². The number of unbranched alkanes of at least 4 members (excludes halogenated alkanes) is 18. The number of benzene rings is 5. The van der Waals surface area contributed by atoms with E-state index in [1.54, 1.807) is 36.4 Å². The molecule has 0 saturated carbocycles. The van der Waals surface area contributed by atoms with Crippen LogP contribution in [0.1, 0.15) is 165 Å². The van der Waals surface area contributed by atoms with E-state index in [-0.39, 0.29) is 172 Å². The lowest BCUT2D eigenvalue weighted by Gasteiger charge is -2.19. The Morgan fingerprint density at radius 2 is 0.600 bits per heavy atom. The highest BCUT2D eigenvalue weighted by Crippen LogP contribution is 2.46. The van der Waals surface area contributed by atoms with Crippen LogP contribution in [0.2, 0.25) is 0 Å². The summed E-state index contributed by atoms with van der Waals surface area (Å²) >= 11 is 0. The van der Waals surface area contributed by atoms with Crippen LogP contribution < -0.4 is 49.7 Å². The van der Waals surface area contributed by atoms with Gasteiger partial charge in [-0.05, 0) is 61.4 Å². The second-order valence-corrected chi connectivity index (χ2v) is 24.4. The van der Waals surface area contributed by atoms with Gasteiger partial charge in [0.1, 0.15) is 0 Å². The van der Waals surface area contributed by atoms with Crippen molar-refractivity contribution in [2.24, 2.45) is 9.98 Å². The van der Waals surface area contributed by atoms with Crippen LogP contribution in [-0.4, -0.2) is 174 Å². The minimum Gasteiger partial charge on any atom is -0.504 e. The number of para-hydroxylation sites is 4. The summed E-state index contributed by atoms with van der Waals surface area (Å²) in [5, 5.41) is 60.7. The van der Waals surface area contributed by atoms with Crippen molar-refractivity contribution in [3.8, 4) is 57.5 Å². The van der Waals surface area contributed by atoms with E-state index in [1.807, 2.05) is 0 Å². The summed E-state index contributed by atoms with van der Waals surface area (Å²) in [5.41, 5.74) is -0.184. The number of phenols is 4. The molecule has 24 heteroatoms. The molecule has 0 fully saturated rings. The predicted octanol–water partition coefficient (Wildman–Crippen LogP) is 11.5. The molecule has 0 spiro atoms. The number of ether oxygens (including phenoxy) is 10. The molecule has 0 aromatic heterocycles. The number of nitrogens with zero attached hydrogens (tertiary/aromatic N) is 2. The highest BCUT2D eigenvalue weighted by Gasteiger charge is 2.27. The highest BCUT2D eigenvalue weighted by molar-refractivity contribution is 6.19. The molecule has 546 valence electrons. The largest absolute Gasteiger partial charge is 0.504 e. The zero-order valence-corrected chi connectivity index (χ0v) is 58.4. The van der Waals surface area contributed by atoms with Crippen LogP contribution in [0.25, 0.3) is 0 Å². The number of carbonyl (C=O) groups is 4. The Kier molecular flexibility index (Phi) is 35.9. The van der Waals surface area contributed by atoms with Gasteiger partial charge < -0.3 is 89.1 Å². The Balaban J connectivity index is 1.44. The first-order valence-electron chi connectivity index (χ1n) is 35.7. The van der Waals surface area contributed by atoms with Crippen molar-refractivity contribution in [1.29, 1.82) is 0 Å². The Labute approximate surface area is 587 Å². The van der Waals surface area contributed by atoms with Crippen molar-refractivity contribution in [3.63, 3.8) is 0 Å². The van der Waals surface area contributed by atoms with Crippen LogP contribution in [0.5, 0.6) is 57.5 Å². The maximum absolute atomic E-state index is 13.2. The quantitative estimate of drug-likeness (QED) is 0.0239. The Morgan fingerprint density at radius 3 is 0.860 bits per heavy atom. The van der Waals surface area contributed by atoms with Crippen LogP contribution >= 0.6 is 0 Å². The molecule has 0 unspecified atom stereocenters. The van der Waals surface area contributed by atoms with Crippen LogP contribution in [0.4, 0.5) is 11.4 Å². The summed E-state index contributed by atoms with van der Waals surface area (Å²) in [6, 6.07) is 21.6. The lowest BCUT2D eigenvalue weighted by atomic mass is 9.98. The van der Waals surface area contributed by atoms with Gasteiger partial charge in [-0.25, -0.2) is 9.98 Å². The molecule has 0 atom stereocenters. The summed E-state index contributed by atoms with van der Waals surface area (Å²) in [6.45, 7) is 5.25. The number of hydrogen-bond acceptors (Lipinski definition) is 20. The molecule has 2 heterocycles. The Bertz CT molecular complexity index is 3000. The van der Waals surface area contributed by atoms with Crippen molar-refractivity contribution >= 4 is 46.4 Å². The van der Waals surface area contributed by atoms with Crippen molar-refractivity contribution in [1.82, 2.24) is 21.3 Å². The van der Waals surface area contributed by atoms with Gasteiger partial charge in [0.15, 0.2) is 83.9 Å². The van der Waals surface area contributed by atoms with E-state index in [0.29, 0.717) is 12.8 Å². The van der Waals surface area contributed by atoms with Crippen LogP contribution in [0.15, 0.2) is 94.9 Å². The summed E-state index contributed by atoms with van der Waals surface area (Å²) in [5.74, 6) is -3.86. The van der Waals surface area contributed by atoms with Gasteiger partial charge in [0.25, 0.3) is 23.6 Å². The number of aromatic hydroxyl groups is 4. The van der Waals surface area contributed by atoms with Crippen LogP contribution in [-0.2, 0) is 38.1 Å². The average Bonchev–Trinajstić information content (AvgIpc) is 0.757. The van der Waals surface area contributed by atoms with Gasteiger partial charge in [0.05, 0.1) is 88.9 Å². The molecule has 0 aliphatic carbocycles. The molecule has 8 N–H and O–H groups in total. The maximum Gasteiger partial charge on any atom is 0.258 e. The van der Waals surface area contributed by atoms with E-state index in [2.05, 4.69) is 35.1 Å². The minimum atomic E-state index is -0.506. The fourth-order valence-electron chi connectivity index (χ4n) is 11.0. The standard InChI is InChI=1S/C76H104N6O18/c1-3-5-7-9-11-13-15-17-19-21-39-95-65-49-59(81-71-55-27-23-31-61(73(55)87)97-51-67(83)77-35-41-91-45-46-92-42-36-78-68(84)52-98-62-32-24-28-56(71)74(62)88)60(50-66(65)96-40-22-20-18-16-14-12-10-8-6-4-2)82-72-57-29-25-33-63(75(57)89)99-53-69(85)79-37-43-93-47-48-94-44-38-80-70(86)54-100-64-34-26-30-58(72)76(64)90/h23-34,49-50,87-90H,3-22,35-48,51-54H2,1-2H3,(H,77,83)(H,78,84)(H,79,85)(H,80,86). The fourth-order valence-corrected chi connectivity index (χ4v) is 11.0. The number of carbonyl (C=O) groups excluding carboxylic acids is 4. The molecule has 2 aliphatic rings. The molecule has 5 aromatic carbocycles. The number of rotatable bonds is 26. The monoisotopic (exact) mass is 1390 g/mol. The summed E-state index contributed by atoms with van der Waals surface area (Å²) in [4.78, 5) is 63.4. The summed E-state index contributed by atoms with van der Waals surface area (Å²) in [6.07, 6.45) is 22.0. The van der Waals surface area contributed by atoms with Crippen molar-refractivity contribution in [2.75, 3.05) is 119 Å². The predicted molar refractivity (Wildman–Crippen MR) is 381 cm³/mol. The van der Waals surface area contributed by atoms with E-state index in [0.717, 1.165) is 51.4 Å². The number of phenolic OH excluding ortho intramolecular Hbond substituents is 4. The third-order valence-electron chi connectivity index (χ3n) is 16.5. The topological polar surface area (TPSA) is 314 Å². The first-order valence-corrected chi connectivity index (χ1v) is 35.7. The zero-order chi connectivity index (χ0) is 70.8. The maximum atomic E-state index is 13.2. The first kappa shape index (κ1) is 78.5. The number of nitrogens with one attached hydrogen (secondary N) is 4. The Morgan fingerprint density at radius 1 is 0.350 bits per heavy atom. The molecule has 8 bridgehead atoms. The summed E-state index contributed by atoms with van der Waals surface area (Å²) < 4.78 is 59.8. The van der Waals surface area contributed by atoms with Gasteiger partial charge in [-0.1, -0.05) is 154 Å². The first-order chi connectivity index (χ1) is 48.9. The number of aliphatic imine (C=N–C) groups is 2. The van der Waals surface area contributed by atoms with E-state index >= 15 is 0 Å².